The van der Waals surface area contributed by atoms with Crippen LogP contribution in [0.3, 0.4) is 0 Å². The molecule has 5 nitrogen and oxygen atoms in total. The molecule has 0 spiro atoms. The van der Waals surface area contributed by atoms with Gasteiger partial charge in [-0.05, 0) is 30.3 Å². The summed E-state index contributed by atoms with van der Waals surface area (Å²) in [4.78, 5) is 26.2. The molecule has 0 aromatic heterocycles. The van der Waals surface area contributed by atoms with E-state index in [2.05, 4.69) is 0 Å². The van der Waals surface area contributed by atoms with Crippen molar-refractivity contribution in [2.75, 3.05) is 12.0 Å². The average molecular weight is 339 g/mol. The highest BCUT2D eigenvalue weighted by atomic mass is 35.5. The Morgan fingerprint density at radius 1 is 1.04 bits per heavy atom. The summed E-state index contributed by atoms with van der Waals surface area (Å²) >= 11 is 6.15. The minimum Gasteiger partial charge on any atom is -0.496 e. The van der Waals surface area contributed by atoms with Crippen LogP contribution in [0.2, 0.25) is 0 Å². The summed E-state index contributed by atoms with van der Waals surface area (Å²) in [6.07, 6.45) is 0. The highest BCUT2D eigenvalue weighted by molar-refractivity contribution is 6.60. The summed E-state index contributed by atoms with van der Waals surface area (Å²) in [7, 11) is 1.48. The van der Waals surface area contributed by atoms with E-state index in [0.29, 0.717) is 22.6 Å². The normalized spacial score (nSPS) is 14.1. The molecule has 0 aliphatic carbocycles. The fourth-order valence-corrected chi connectivity index (χ4v) is 2.77. The summed E-state index contributed by atoms with van der Waals surface area (Å²) in [6.45, 7) is 0. The van der Waals surface area contributed by atoms with E-state index in [1.165, 1.54) is 31.4 Å². The molecule has 2 aromatic carbocycles. The number of hydrogen-bond donors (Lipinski definition) is 0. The molecule has 0 N–H and O–H groups in total. The summed E-state index contributed by atoms with van der Waals surface area (Å²) in [6, 6.07) is 15.0. The van der Waals surface area contributed by atoms with Crippen molar-refractivity contribution in [3.8, 4) is 11.8 Å². The van der Waals surface area contributed by atoms with Crippen LogP contribution in [0.15, 0.2) is 53.6 Å². The van der Waals surface area contributed by atoms with Crippen LogP contribution in [0.25, 0.3) is 5.57 Å². The molecule has 118 valence electrons. The van der Waals surface area contributed by atoms with Crippen LogP contribution >= 0.6 is 11.6 Å². The molecular formula is C18H11ClN2O3. The van der Waals surface area contributed by atoms with Gasteiger partial charge in [-0.15, -0.1) is 0 Å². The van der Waals surface area contributed by atoms with E-state index in [1.54, 1.807) is 24.3 Å². The first-order valence-electron chi connectivity index (χ1n) is 7.00. The average Bonchev–Trinajstić information content (AvgIpc) is 2.84. The Kier molecular flexibility index (Phi) is 4.07. The first-order valence-corrected chi connectivity index (χ1v) is 7.38. The molecular weight excluding hydrogens is 328 g/mol. The second kappa shape index (κ2) is 6.19. The summed E-state index contributed by atoms with van der Waals surface area (Å²) < 4.78 is 5.25. The Hall–Kier alpha value is -3.10. The van der Waals surface area contributed by atoms with Crippen molar-refractivity contribution in [2.24, 2.45) is 0 Å². The molecule has 0 fully saturated rings. The Bertz CT molecular complexity index is 911. The van der Waals surface area contributed by atoms with Crippen LogP contribution < -0.4 is 9.64 Å². The number of hydrogen-bond acceptors (Lipinski definition) is 4. The highest BCUT2D eigenvalue weighted by Gasteiger charge is 2.40. The van der Waals surface area contributed by atoms with Gasteiger partial charge in [0.25, 0.3) is 11.8 Å². The van der Waals surface area contributed by atoms with E-state index < -0.39 is 11.8 Å². The van der Waals surface area contributed by atoms with Crippen LogP contribution in [0.5, 0.6) is 5.75 Å². The van der Waals surface area contributed by atoms with Crippen molar-refractivity contribution in [1.29, 1.82) is 5.26 Å². The first kappa shape index (κ1) is 15.8. The minimum atomic E-state index is -0.604. The molecule has 0 unspecified atom stereocenters. The zero-order chi connectivity index (χ0) is 17.3. The second-order valence-electron chi connectivity index (χ2n) is 4.99. The summed E-state index contributed by atoms with van der Waals surface area (Å²) in [5.41, 5.74) is 1.34. The molecule has 0 radical (unpaired) electrons. The molecule has 0 saturated heterocycles. The van der Waals surface area contributed by atoms with E-state index in [-0.39, 0.29) is 10.6 Å². The number of imide groups is 1. The van der Waals surface area contributed by atoms with E-state index in [4.69, 9.17) is 21.6 Å². The molecule has 1 aliphatic rings. The number of benzene rings is 2. The van der Waals surface area contributed by atoms with E-state index in [9.17, 15) is 9.59 Å². The van der Waals surface area contributed by atoms with Gasteiger partial charge in [0.2, 0.25) is 0 Å². The molecule has 2 amide bonds. The van der Waals surface area contributed by atoms with Crippen molar-refractivity contribution < 1.29 is 14.3 Å². The maximum atomic E-state index is 12.8. The zero-order valence-corrected chi connectivity index (χ0v) is 13.4. The van der Waals surface area contributed by atoms with Gasteiger partial charge in [0.1, 0.15) is 10.8 Å². The van der Waals surface area contributed by atoms with Crippen LogP contribution in [0.4, 0.5) is 5.69 Å². The quantitative estimate of drug-likeness (QED) is 0.806. The summed E-state index contributed by atoms with van der Waals surface area (Å²) in [5.74, 6) is -0.681. The number of nitrogens with zero attached hydrogens (tertiary/aromatic N) is 2. The topological polar surface area (TPSA) is 70.4 Å². The third-order valence-corrected chi connectivity index (χ3v) is 4.01. The smallest absolute Gasteiger partial charge is 0.277 e. The monoisotopic (exact) mass is 338 g/mol. The number of nitriles is 1. The number of halogens is 1. The number of carbonyl (C=O) groups excluding carboxylic acids is 2. The molecule has 0 atom stereocenters. The van der Waals surface area contributed by atoms with Crippen LogP contribution in [0.1, 0.15) is 11.1 Å². The molecule has 1 heterocycles. The molecule has 6 heteroatoms. The number of rotatable bonds is 3. The lowest BCUT2D eigenvalue weighted by molar-refractivity contribution is -0.119. The van der Waals surface area contributed by atoms with Gasteiger partial charge in [-0.2, -0.15) is 5.26 Å². The predicted molar refractivity (Wildman–Crippen MR) is 89.4 cm³/mol. The number of anilines is 1. The van der Waals surface area contributed by atoms with Gasteiger partial charge >= 0.3 is 0 Å². The number of ether oxygens (including phenoxy) is 1. The van der Waals surface area contributed by atoms with Crippen molar-refractivity contribution in [2.45, 2.75) is 0 Å². The lowest BCUT2D eigenvalue weighted by Gasteiger charge is -2.15. The van der Waals surface area contributed by atoms with Gasteiger partial charge in [0, 0.05) is 5.56 Å². The third-order valence-electron chi connectivity index (χ3n) is 3.66. The molecule has 3 rings (SSSR count). The fourth-order valence-electron chi connectivity index (χ4n) is 2.51. The van der Waals surface area contributed by atoms with Gasteiger partial charge in [0.15, 0.2) is 0 Å². The van der Waals surface area contributed by atoms with Gasteiger partial charge < -0.3 is 4.74 Å². The molecule has 24 heavy (non-hydrogen) atoms. The minimum absolute atomic E-state index is 0.100. The SMILES string of the molecule is COc1ccccc1C1=C(Cl)C(=O)N(c2ccc(C#N)cc2)C1=O. The number of carbonyl (C=O) groups is 2. The lowest BCUT2D eigenvalue weighted by atomic mass is 10.0. The second-order valence-corrected chi connectivity index (χ2v) is 5.37. The van der Waals surface area contributed by atoms with Crippen molar-refractivity contribution in [3.63, 3.8) is 0 Å². The van der Waals surface area contributed by atoms with E-state index in [0.717, 1.165) is 4.90 Å². The molecule has 1 aliphatic heterocycles. The molecule has 2 aromatic rings. The van der Waals surface area contributed by atoms with Crippen LogP contribution in [-0.2, 0) is 9.59 Å². The van der Waals surface area contributed by atoms with E-state index >= 15 is 0 Å². The Morgan fingerprint density at radius 3 is 2.33 bits per heavy atom. The van der Waals surface area contributed by atoms with Gasteiger partial charge in [0.05, 0.1) is 30.0 Å². The van der Waals surface area contributed by atoms with Gasteiger partial charge in [-0.25, -0.2) is 4.90 Å². The van der Waals surface area contributed by atoms with E-state index in [1.807, 2.05) is 6.07 Å². The fraction of sp³-hybridized carbons (Fsp3) is 0.0556. The number of amides is 2. The maximum Gasteiger partial charge on any atom is 0.277 e. The predicted octanol–water partition coefficient (Wildman–Crippen LogP) is 3.09. The third kappa shape index (κ3) is 2.43. The highest BCUT2D eigenvalue weighted by Crippen LogP contribution is 2.38. The Morgan fingerprint density at radius 2 is 1.71 bits per heavy atom. The largest absolute Gasteiger partial charge is 0.496 e. The van der Waals surface area contributed by atoms with Crippen molar-refractivity contribution >= 4 is 34.7 Å². The van der Waals surface area contributed by atoms with Crippen molar-refractivity contribution in [1.82, 2.24) is 0 Å². The lowest BCUT2D eigenvalue weighted by Crippen LogP contribution is -2.31. The van der Waals surface area contributed by atoms with Gasteiger partial charge in [-0.3, -0.25) is 9.59 Å². The number of para-hydroxylation sites is 1. The maximum absolute atomic E-state index is 12.8. The first-order chi connectivity index (χ1) is 11.6. The van der Waals surface area contributed by atoms with Crippen LogP contribution in [-0.4, -0.2) is 18.9 Å². The Labute approximate surface area is 143 Å². The standard InChI is InChI=1S/C18H11ClN2O3/c1-24-14-5-3-2-4-13(14)15-16(19)18(23)21(17(15)22)12-8-6-11(10-20)7-9-12/h2-9H,1H3. The van der Waals surface area contributed by atoms with Crippen LogP contribution in [0, 0.1) is 11.3 Å². The van der Waals surface area contributed by atoms with Crippen molar-refractivity contribution in [3.05, 3.63) is 64.7 Å². The summed E-state index contributed by atoms with van der Waals surface area (Å²) in [5, 5.41) is 8.69. The Balaban J connectivity index is 2.06. The molecule has 0 bridgehead atoms. The van der Waals surface area contributed by atoms with Gasteiger partial charge in [-0.1, -0.05) is 29.8 Å². The number of methoxy groups -OCH3 is 1. The zero-order valence-electron chi connectivity index (χ0n) is 12.6. The molecule has 0 saturated carbocycles.